The van der Waals surface area contributed by atoms with Gasteiger partial charge in [-0.1, -0.05) is 13.8 Å². The summed E-state index contributed by atoms with van der Waals surface area (Å²) in [5.74, 6) is 0.996. The largest absolute Gasteiger partial charge is 0.506 e. The summed E-state index contributed by atoms with van der Waals surface area (Å²) in [4.78, 5) is 14.0. The van der Waals surface area contributed by atoms with Gasteiger partial charge in [0, 0.05) is 18.7 Å². The summed E-state index contributed by atoms with van der Waals surface area (Å²) in [7, 11) is 0. The summed E-state index contributed by atoms with van der Waals surface area (Å²) in [6.07, 6.45) is 0. The topological polar surface area (TPSA) is 66.6 Å². The molecule has 0 bridgehead atoms. The molecule has 2 unspecified atom stereocenters. The van der Waals surface area contributed by atoms with Crippen LogP contribution < -0.4 is 5.73 Å². The highest BCUT2D eigenvalue weighted by molar-refractivity contribution is 5.95. The second-order valence-corrected chi connectivity index (χ2v) is 4.94. The Labute approximate surface area is 101 Å². The molecule has 0 aromatic heterocycles. The Kier molecular flexibility index (Phi) is 2.96. The van der Waals surface area contributed by atoms with E-state index >= 15 is 0 Å². The summed E-state index contributed by atoms with van der Waals surface area (Å²) >= 11 is 0. The summed E-state index contributed by atoms with van der Waals surface area (Å²) in [6.45, 7) is 5.87. The number of nitrogen functional groups attached to an aromatic ring is 1. The number of carbonyl (C=O) groups excluding carboxylic acids is 1. The highest BCUT2D eigenvalue weighted by atomic mass is 16.3. The van der Waals surface area contributed by atoms with Crippen LogP contribution in [-0.2, 0) is 0 Å². The van der Waals surface area contributed by atoms with Gasteiger partial charge in [0.1, 0.15) is 5.75 Å². The van der Waals surface area contributed by atoms with Crippen LogP contribution in [0.2, 0.25) is 0 Å². The number of likely N-dealkylation sites (tertiary alicyclic amines) is 1. The van der Waals surface area contributed by atoms with Gasteiger partial charge in [0.25, 0.3) is 5.91 Å². The fourth-order valence-corrected chi connectivity index (χ4v) is 2.15. The molecule has 0 spiro atoms. The zero-order valence-corrected chi connectivity index (χ0v) is 10.2. The molecule has 1 fully saturated rings. The summed E-state index contributed by atoms with van der Waals surface area (Å²) in [6, 6.07) is 4.65. The summed E-state index contributed by atoms with van der Waals surface area (Å²) < 4.78 is 0. The number of aromatic hydroxyl groups is 1. The maximum atomic E-state index is 12.2. The molecule has 4 nitrogen and oxygen atoms in total. The minimum atomic E-state index is -0.0313. The fraction of sp³-hybridized carbons (Fsp3) is 0.462. The van der Waals surface area contributed by atoms with Crippen molar-refractivity contribution >= 4 is 11.6 Å². The molecule has 1 aliphatic rings. The van der Waals surface area contributed by atoms with Gasteiger partial charge >= 0.3 is 0 Å². The molecule has 0 radical (unpaired) electrons. The number of nitrogens with zero attached hydrogens (tertiary/aromatic N) is 1. The highest BCUT2D eigenvalue weighted by Gasteiger charge is 2.29. The lowest BCUT2D eigenvalue weighted by molar-refractivity contribution is 0.0784. The van der Waals surface area contributed by atoms with E-state index in [1.807, 2.05) is 4.90 Å². The molecule has 0 aliphatic carbocycles. The first-order valence-corrected chi connectivity index (χ1v) is 5.87. The standard InChI is InChI=1S/C13H18N2O2/c1-8-6-15(7-9(8)2)13(17)10-3-4-11(14)12(16)5-10/h3-5,8-9,16H,6-7,14H2,1-2H3. The molecule has 2 atom stereocenters. The number of hydrogen-bond donors (Lipinski definition) is 2. The van der Waals surface area contributed by atoms with Crippen molar-refractivity contribution in [3.8, 4) is 5.75 Å². The Bertz CT molecular complexity index is 435. The van der Waals surface area contributed by atoms with E-state index in [0.717, 1.165) is 13.1 Å². The third-order valence-corrected chi connectivity index (χ3v) is 3.55. The molecule has 4 heteroatoms. The Hall–Kier alpha value is -1.71. The van der Waals surface area contributed by atoms with E-state index in [9.17, 15) is 9.90 Å². The van der Waals surface area contributed by atoms with Crippen molar-refractivity contribution < 1.29 is 9.90 Å². The van der Waals surface area contributed by atoms with E-state index in [1.54, 1.807) is 12.1 Å². The van der Waals surface area contributed by atoms with Gasteiger partial charge in [0.05, 0.1) is 5.69 Å². The minimum absolute atomic E-state index is 0.0310. The molecular weight excluding hydrogens is 216 g/mol. The second-order valence-electron chi connectivity index (χ2n) is 4.94. The van der Waals surface area contributed by atoms with Crippen LogP contribution in [0, 0.1) is 11.8 Å². The van der Waals surface area contributed by atoms with Gasteiger partial charge in [0.2, 0.25) is 0 Å². The van der Waals surface area contributed by atoms with Gasteiger partial charge in [0.15, 0.2) is 0 Å². The van der Waals surface area contributed by atoms with Crippen molar-refractivity contribution in [1.82, 2.24) is 4.90 Å². The van der Waals surface area contributed by atoms with Crippen LogP contribution in [0.25, 0.3) is 0 Å². The average Bonchev–Trinajstić information content (AvgIpc) is 2.62. The van der Waals surface area contributed by atoms with E-state index in [1.165, 1.54) is 6.07 Å². The molecular formula is C13H18N2O2. The van der Waals surface area contributed by atoms with Crippen LogP contribution in [0.4, 0.5) is 5.69 Å². The smallest absolute Gasteiger partial charge is 0.254 e. The Morgan fingerprint density at radius 2 is 1.94 bits per heavy atom. The Balaban J connectivity index is 2.17. The highest BCUT2D eigenvalue weighted by Crippen LogP contribution is 2.26. The van der Waals surface area contributed by atoms with Crippen LogP contribution in [0.3, 0.4) is 0 Å². The molecule has 17 heavy (non-hydrogen) atoms. The van der Waals surface area contributed by atoms with E-state index in [2.05, 4.69) is 13.8 Å². The molecule has 3 N–H and O–H groups in total. The zero-order chi connectivity index (χ0) is 12.6. The third kappa shape index (κ3) is 2.20. The number of carbonyl (C=O) groups is 1. The number of hydrogen-bond acceptors (Lipinski definition) is 3. The van der Waals surface area contributed by atoms with Gasteiger partial charge in [-0.25, -0.2) is 0 Å². The number of rotatable bonds is 1. The maximum Gasteiger partial charge on any atom is 0.254 e. The lowest BCUT2D eigenvalue weighted by Crippen LogP contribution is -2.28. The molecule has 1 aromatic carbocycles. The van der Waals surface area contributed by atoms with Crippen molar-refractivity contribution in [2.75, 3.05) is 18.8 Å². The molecule has 1 amide bonds. The molecule has 1 aliphatic heterocycles. The summed E-state index contributed by atoms with van der Waals surface area (Å²) in [5.41, 5.74) is 6.31. The lowest BCUT2D eigenvalue weighted by atomic mass is 10.0. The molecule has 2 rings (SSSR count). The van der Waals surface area contributed by atoms with Crippen molar-refractivity contribution in [2.45, 2.75) is 13.8 Å². The van der Waals surface area contributed by atoms with E-state index in [-0.39, 0.29) is 11.7 Å². The first kappa shape index (κ1) is 11.8. The van der Waals surface area contributed by atoms with Crippen LogP contribution in [0.1, 0.15) is 24.2 Å². The third-order valence-electron chi connectivity index (χ3n) is 3.55. The Morgan fingerprint density at radius 1 is 1.35 bits per heavy atom. The van der Waals surface area contributed by atoms with Gasteiger partial charge < -0.3 is 15.7 Å². The van der Waals surface area contributed by atoms with Gasteiger partial charge in [-0.3, -0.25) is 4.79 Å². The van der Waals surface area contributed by atoms with Crippen molar-refractivity contribution in [3.05, 3.63) is 23.8 Å². The van der Waals surface area contributed by atoms with E-state index < -0.39 is 0 Å². The van der Waals surface area contributed by atoms with Crippen molar-refractivity contribution in [3.63, 3.8) is 0 Å². The molecule has 1 saturated heterocycles. The molecule has 92 valence electrons. The first-order valence-electron chi connectivity index (χ1n) is 5.87. The fourth-order valence-electron chi connectivity index (χ4n) is 2.15. The number of nitrogens with two attached hydrogens (primary N) is 1. The van der Waals surface area contributed by atoms with Crippen LogP contribution in [0.5, 0.6) is 5.75 Å². The molecule has 1 heterocycles. The minimum Gasteiger partial charge on any atom is -0.506 e. The van der Waals surface area contributed by atoms with E-state index in [4.69, 9.17) is 5.73 Å². The van der Waals surface area contributed by atoms with Crippen LogP contribution in [-0.4, -0.2) is 29.0 Å². The number of phenols is 1. The first-order chi connectivity index (χ1) is 7.99. The predicted octanol–water partition coefficient (Wildman–Crippen LogP) is 1.70. The van der Waals surface area contributed by atoms with Gasteiger partial charge in [-0.05, 0) is 30.0 Å². The van der Waals surface area contributed by atoms with Crippen LogP contribution >= 0.6 is 0 Å². The maximum absolute atomic E-state index is 12.2. The van der Waals surface area contributed by atoms with Crippen molar-refractivity contribution in [2.24, 2.45) is 11.8 Å². The Morgan fingerprint density at radius 3 is 2.47 bits per heavy atom. The number of amides is 1. The summed E-state index contributed by atoms with van der Waals surface area (Å²) in [5, 5.41) is 9.50. The van der Waals surface area contributed by atoms with Crippen molar-refractivity contribution in [1.29, 1.82) is 0 Å². The van der Waals surface area contributed by atoms with Crippen LogP contribution in [0.15, 0.2) is 18.2 Å². The lowest BCUT2D eigenvalue weighted by Gasteiger charge is -2.16. The molecule has 1 aromatic rings. The number of phenolic OH excluding ortho intramolecular Hbond substituents is 1. The zero-order valence-electron chi connectivity index (χ0n) is 10.2. The normalized spacial score (nSPS) is 24.0. The van der Waals surface area contributed by atoms with Gasteiger partial charge in [-0.15, -0.1) is 0 Å². The number of anilines is 1. The second kappa shape index (κ2) is 4.28. The quantitative estimate of drug-likeness (QED) is 0.574. The predicted molar refractivity (Wildman–Crippen MR) is 66.8 cm³/mol. The van der Waals surface area contributed by atoms with Gasteiger partial charge in [-0.2, -0.15) is 0 Å². The van der Waals surface area contributed by atoms with E-state index in [0.29, 0.717) is 23.1 Å². The molecule has 0 saturated carbocycles. The monoisotopic (exact) mass is 234 g/mol. The average molecular weight is 234 g/mol. The number of benzene rings is 1. The SMILES string of the molecule is CC1CN(C(=O)c2ccc(N)c(O)c2)CC1C.